The minimum Gasteiger partial charge on any atom is -0.396 e. The molecular formula is C15H20N4O2. The van der Waals surface area contributed by atoms with Gasteiger partial charge in [0, 0.05) is 25.8 Å². The third-order valence-corrected chi connectivity index (χ3v) is 3.19. The van der Waals surface area contributed by atoms with Crippen LogP contribution < -0.4 is 5.73 Å². The largest absolute Gasteiger partial charge is 0.396 e. The number of carbonyl (C=O) groups is 1. The summed E-state index contributed by atoms with van der Waals surface area (Å²) >= 11 is 0. The summed E-state index contributed by atoms with van der Waals surface area (Å²) in [6, 6.07) is 9.62. The molecule has 1 heterocycles. The van der Waals surface area contributed by atoms with Crippen molar-refractivity contribution in [1.29, 1.82) is 0 Å². The van der Waals surface area contributed by atoms with E-state index in [1.54, 1.807) is 15.8 Å². The highest BCUT2D eigenvalue weighted by molar-refractivity contribution is 5.97. The van der Waals surface area contributed by atoms with Gasteiger partial charge in [-0.15, -0.1) is 0 Å². The van der Waals surface area contributed by atoms with E-state index < -0.39 is 0 Å². The maximum atomic E-state index is 12.5. The molecule has 2 aromatic rings. The van der Waals surface area contributed by atoms with Gasteiger partial charge in [-0.2, -0.15) is 5.10 Å². The number of nitrogen functional groups attached to an aromatic ring is 1. The van der Waals surface area contributed by atoms with Crippen LogP contribution in [0, 0.1) is 0 Å². The summed E-state index contributed by atoms with van der Waals surface area (Å²) in [6.07, 6.45) is 1.65. The van der Waals surface area contributed by atoms with E-state index >= 15 is 0 Å². The smallest absolute Gasteiger partial charge is 0.276 e. The fourth-order valence-corrected chi connectivity index (χ4v) is 2.09. The van der Waals surface area contributed by atoms with E-state index in [4.69, 9.17) is 5.73 Å². The van der Waals surface area contributed by atoms with Crippen molar-refractivity contribution >= 4 is 11.6 Å². The number of benzene rings is 1. The molecule has 0 spiro atoms. The van der Waals surface area contributed by atoms with Crippen LogP contribution in [0.1, 0.15) is 23.0 Å². The van der Waals surface area contributed by atoms with Gasteiger partial charge in [0.2, 0.25) is 0 Å². The van der Waals surface area contributed by atoms with Crippen LogP contribution in [0.4, 0.5) is 5.69 Å². The molecule has 0 bridgehead atoms. The van der Waals surface area contributed by atoms with Crippen molar-refractivity contribution in [2.45, 2.75) is 20.0 Å². The number of aliphatic hydroxyl groups is 1. The first-order valence-electron chi connectivity index (χ1n) is 6.92. The fraction of sp³-hybridized carbons (Fsp3) is 0.333. The lowest BCUT2D eigenvalue weighted by Crippen LogP contribution is -2.33. The summed E-state index contributed by atoms with van der Waals surface area (Å²) < 4.78 is 1.63. The van der Waals surface area contributed by atoms with Crippen LogP contribution in [0.25, 0.3) is 0 Å². The van der Waals surface area contributed by atoms with E-state index in [9.17, 15) is 9.90 Å². The van der Waals surface area contributed by atoms with Crippen LogP contribution in [0.2, 0.25) is 0 Å². The number of aliphatic hydroxyl groups excluding tert-OH is 1. The zero-order valence-corrected chi connectivity index (χ0v) is 12.1. The number of nitrogens with zero attached hydrogens (tertiary/aromatic N) is 3. The Morgan fingerprint density at radius 3 is 2.67 bits per heavy atom. The lowest BCUT2D eigenvalue weighted by Gasteiger charge is -2.21. The average Bonchev–Trinajstić information content (AvgIpc) is 2.88. The average molecular weight is 288 g/mol. The summed E-state index contributed by atoms with van der Waals surface area (Å²) in [5.41, 5.74) is 7.44. The van der Waals surface area contributed by atoms with Crippen molar-refractivity contribution < 1.29 is 9.90 Å². The molecule has 0 saturated heterocycles. The molecule has 0 saturated carbocycles. The van der Waals surface area contributed by atoms with Gasteiger partial charge in [-0.3, -0.25) is 9.48 Å². The first-order chi connectivity index (χ1) is 10.2. The predicted octanol–water partition coefficient (Wildman–Crippen LogP) is 1.12. The number of rotatable bonds is 6. The third kappa shape index (κ3) is 3.61. The summed E-state index contributed by atoms with van der Waals surface area (Å²) in [5, 5.41) is 13.4. The van der Waals surface area contributed by atoms with E-state index in [0.717, 1.165) is 5.56 Å². The van der Waals surface area contributed by atoms with Gasteiger partial charge >= 0.3 is 0 Å². The van der Waals surface area contributed by atoms with Crippen LogP contribution >= 0.6 is 0 Å². The van der Waals surface area contributed by atoms with Crippen molar-refractivity contribution in [1.82, 2.24) is 14.7 Å². The molecule has 1 aromatic heterocycles. The molecule has 0 aliphatic rings. The van der Waals surface area contributed by atoms with E-state index in [0.29, 0.717) is 18.8 Å². The molecule has 2 rings (SSSR count). The van der Waals surface area contributed by atoms with Gasteiger partial charge in [0.25, 0.3) is 5.91 Å². The number of anilines is 1. The van der Waals surface area contributed by atoms with Crippen molar-refractivity contribution in [3.8, 4) is 0 Å². The Kier molecular flexibility index (Phi) is 4.94. The second kappa shape index (κ2) is 6.90. The predicted molar refractivity (Wildman–Crippen MR) is 80.6 cm³/mol. The molecule has 0 fully saturated rings. The quantitative estimate of drug-likeness (QED) is 0.834. The second-order valence-electron chi connectivity index (χ2n) is 4.72. The Hall–Kier alpha value is -2.34. The van der Waals surface area contributed by atoms with Crippen molar-refractivity contribution in [3.63, 3.8) is 0 Å². The summed E-state index contributed by atoms with van der Waals surface area (Å²) in [7, 11) is 0. The van der Waals surface area contributed by atoms with E-state index in [-0.39, 0.29) is 24.8 Å². The number of carbonyl (C=O) groups excluding carboxylic acids is 1. The summed E-state index contributed by atoms with van der Waals surface area (Å²) in [4.78, 5) is 14.1. The molecule has 0 aliphatic heterocycles. The number of amides is 1. The SMILES string of the molecule is CCn1cc(N)c(C(=O)N(CCO)Cc2ccccc2)n1. The maximum absolute atomic E-state index is 12.5. The number of aromatic nitrogens is 2. The molecule has 6 heteroatoms. The van der Waals surface area contributed by atoms with Crippen LogP contribution in [-0.4, -0.2) is 38.8 Å². The molecule has 0 atom stereocenters. The van der Waals surface area contributed by atoms with Crippen LogP contribution in [0.5, 0.6) is 0 Å². The lowest BCUT2D eigenvalue weighted by atomic mass is 10.2. The van der Waals surface area contributed by atoms with Gasteiger partial charge in [0.1, 0.15) is 0 Å². The van der Waals surface area contributed by atoms with Gasteiger partial charge in [-0.25, -0.2) is 0 Å². The zero-order chi connectivity index (χ0) is 15.2. The molecule has 0 radical (unpaired) electrons. The lowest BCUT2D eigenvalue weighted by molar-refractivity contribution is 0.0702. The summed E-state index contributed by atoms with van der Waals surface area (Å²) in [5.74, 6) is -0.266. The zero-order valence-electron chi connectivity index (χ0n) is 12.1. The molecule has 112 valence electrons. The normalized spacial score (nSPS) is 10.6. The van der Waals surface area contributed by atoms with Crippen molar-refractivity contribution in [3.05, 3.63) is 47.8 Å². The number of hydrogen-bond donors (Lipinski definition) is 2. The van der Waals surface area contributed by atoms with Gasteiger partial charge in [-0.1, -0.05) is 30.3 Å². The van der Waals surface area contributed by atoms with E-state index in [1.807, 2.05) is 37.3 Å². The molecule has 21 heavy (non-hydrogen) atoms. The van der Waals surface area contributed by atoms with Gasteiger partial charge in [-0.05, 0) is 12.5 Å². The van der Waals surface area contributed by atoms with Gasteiger partial charge < -0.3 is 15.7 Å². The van der Waals surface area contributed by atoms with Crippen LogP contribution in [0.3, 0.4) is 0 Å². The highest BCUT2D eigenvalue weighted by Gasteiger charge is 2.21. The second-order valence-corrected chi connectivity index (χ2v) is 4.72. The van der Waals surface area contributed by atoms with E-state index in [2.05, 4.69) is 5.10 Å². The molecule has 6 nitrogen and oxygen atoms in total. The standard InChI is InChI=1S/C15H20N4O2/c1-2-19-11-13(16)14(17-19)15(21)18(8-9-20)10-12-6-4-3-5-7-12/h3-7,11,20H,2,8-10,16H2,1H3. The Morgan fingerprint density at radius 1 is 1.38 bits per heavy atom. The fourth-order valence-electron chi connectivity index (χ4n) is 2.09. The Balaban J connectivity index is 2.20. The Labute approximate surface area is 123 Å². The molecule has 0 unspecified atom stereocenters. The van der Waals surface area contributed by atoms with Crippen molar-refractivity contribution in [2.24, 2.45) is 0 Å². The van der Waals surface area contributed by atoms with Gasteiger partial charge in [0.15, 0.2) is 5.69 Å². The minimum absolute atomic E-state index is 0.104. The first kappa shape index (κ1) is 15.1. The minimum atomic E-state index is -0.266. The molecular weight excluding hydrogens is 268 g/mol. The van der Waals surface area contributed by atoms with Crippen LogP contribution in [0.15, 0.2) is 36.5 Å². The van der Waals surface area contributed by atoms with Crippen LogP contribution in [-0.2, 0) is 13.1 Å². The number of hydrogen-bond acceptors (Lipinski definition) is 4. The topological polar surface area (TPSA) is 84.4 Å². The highest BCUT2D eigenvalue weighted by atomic mass is 16.3. The highest BCUT2D eigenvalue weighted by Crippen LogP contribution is 2.14. The molecule has 3 N–H and O–H groups in total. The molecule has 1 aromatic carbocycles. The van der Waals surface area contributed by atoms with Crippen molar-refractivity contribution in [2.75, 3.05) is 18.9 Å². The maximum Gasteiger partial charge on any atom is 0.276 e. The molecule has 1 amide bonds. The third-order valence-electron chi connectivity index (χ3n) is 3.19. The molecule has 0 aliphatic carbocycles. The first-order valence-corrected chi connectivity index (χ1v) is 6.92. The van der Waals surface area contributed by atoms with Gasteiger partial charge in [0.05, 0.1) is 12.3 Å². The summed E-state index contributed by atoms with van der Waals surface area (Å²) in [6.45, 7) is 3.13. The monoisotopic (exact) mass is 288 g/mol. The Bertz CT molecular complexity index is 595. The Morgan fingerprint density at radius 2 is 2.10 bits per heavy atom. The van der Waals surface area contributed by atoms with E-state index in [1.165, 1.54) is 0 Å². The number of aryl methyl sites for hydroxylation is 1. The number of nitrogens with two attached hydrogens (primary N) is 1.